The molecule has 4 nitrogen and oxygen atoms in total. The van der Waals surface area contributed by atoms with Crippen LogP contribution in [-0.2, 0) is 9.47 Å². The monoisotopic (exact) mass is 247 g/mol. The molecular weight excluding hydrogens is 230 g/mol. The molecule has 0 N–H and O–H groups in total. The Balaban J connectivity index is 1.63. The molecule has 18 heavy (non-hydrogen) atoms. The Labute approximate surface area is 107 Å². The van der Waals surface area contributed by atoms with Crippen molar-refractivity contribution < 1.29 is 14.2 Å². The van der Waals surface area contributed by atoms with Crippen LogP contribution in [0.5, 0.6) is 5.75 Å². The first kappa shape index (κ1) is 12.9. The van der Waals surface area contributed by atoms with Gasteiger partial charge in [0.1, 0.15) is 12.4 Å². The van der Waals surface area contributed by atoms with Crippen LogP contribution in [0.3, 0.4) is 0 Å². The molecule has 0 spiro atoms. The van der Waals surface area contributed by atoms with E-state index in [0.717, 1.165) is 25.2 Å². The molecule has 1 atom stereocenters. The summed E-state index contributed by atoms with van der Waals surface area (Å²) < 4.78 is 16.5. The molecule has 2 rings (SSSR count). The zero-order chi connectivity index (χ0) is 12.6. The van der Waals surface area contributed by atoms with Crippen LogP contribution in [0.4, 0.5) is 0 Å². The van der Waals surface area contributed by atoms with Crippen molar-refractivity contribution in [3.05, 3.63) is 29.8 Å². The number of rotatable bonds is 5. The first-order valence-corrected chi connectivity index (χ1v) is 6.24. The maximum Gasteiger partial charge on any atom is 0.157 e. The van der Waals surface area contributed by atoms with E-state index in [1.807, 2.05) is 0 Å². The Morgan fingerprint density at radius 2 is 2.06 bits per heavy atom. The van der Waals surface area contributed by atoms with Gasteiger partial charge >= 0.3 is 0 Å². The molecule has 0 saturated carbocycles. The molecule has 1 saturated heterocycles. The lowest BCUT2D eigenvalue weighted by Gasteiger charge is -2.22. The van der Waals surface area contributed by atoms with Gasteiger partial charge in [-0.1, -0.05) is 0 Å². The van der Waals surface area contributed by atoms with Crippen molar-refractivity contribution in [3.8, 4) is 11.8 Å². The van der Waals surface area contributed by atoms with Crippen molar-refractivity contribution in [2.24, 2.45) is 0 Å². The average molecular weight is 247 g/mol. The van der Waals surface area contributed by atoms with Crippen LogP contribution in [0.15, 0.2) is 24.3 Å². The van der Waals surface area contributed by atoms with Gasteiger partial charge in [0.25, 0.3) is 0 Å². The van der Waals surface area contributed by atoms with Gasteiger partial charge in [0.05, 0.1) is 18.2 Å². The predicted octanol–water partition coefficient (Wildman–Crippen LogP) is 2.48. The fourth-order valence-corrected chi connectivity index (χ4v) is 1.81. The number of nitrogens with zero attached hydrogens (tertiary/aromatic N) is 1. The fourth-order valence-electron chi connectivity index (χ4n) is 1.81. The molecule has 1 unspecified atom stereocenters. The van der Waals surface area contributed by atoms with Gasteiger partial charge in [-0.3, -0.25) is 0 Å². The zero-order valence-electron chi connectivity index (χ0n) is 10.3. The molecule has 96 valence electrons. The van der Waals surface area contributed by atoms with Gasteiger partial charge in [0.2, 0.25) is 0 Å². The van der Waals surface area contributed by atoms with Gasteiger partial charge in [-0.2, -0.15) is 5.26 Å². The fraction of sp³-hybridized carbons (Fsp3) is 0.500. The summed E-state index contributed by atoms with van der Waals surface area (Å²) in [6.07, 6.45) is 3.20. The smallest absolute Gasteiger partial charge is 0.157 e. The van der Waals surface area contributed by atoms with Gasteiger partial charge < -0.3 is 14.2 Å². The molecule has 0 radical (unpaired) electrons. The Bertz CT molecular complexity index is 390. The summed E-state index contributed by atoms with van der Waals surface area (Å²) in [6.45, 7) is 1.80. The molecule has 0 aromatic heterocycles. The molecule has 0 amide bonds. The maximum atomic E-state index is 8.66. The highest BCUT2D eigenvalue weighted by Crippen LogP contribution is 2.14. The van der Waals surface area contributed by atoms with E-state index in [1.165, 1.54) is 6.42 Å². The number of hydrogen-bond donors (Lipinski definition) is 0. The van der Waals surface area contributed by atoms with E-state index in [1.54, 1.807) is 24.3 Å². The van der Waals surface area contributed by atoms with Crippen LogP contribution in [0.25, 0.3) is 0 Å². The lowest BCUT2D eigenvalue weighted by Crippen LogP contribution is -2.24. The van der Waals surface area contributed by atoms with Gasteiger partial charge in [-0.05, 0) is 43.5 Å². The second kappa shape index (κ2) is 7.00. The van der Waals surface area contributed by atoms with Crippen molar-refractivity contribution in [2.45, 2.75) is 25.6 Å². The normalized spacial score (nSPS) is 19.2. The Hall–Kier alpha value is -1.57. The van der Waals surface area contributed by atoms with E-state index in [9.17, 15) is 0 Å². The van der Waals surface area contributed by atoms with Crippen molar-refractivity contribution in [2.75, 3.05) is 19.8 Å². The Kier molecular flexibility index (Phi) is 5.00. The SMILES string of the molecule is N#Cc1ccc(OCCOC2CCCCO2)cc1. The third-order valence-corrected chi connectivity index (χ3v) is 2.78. The second-order valence-electron chi connectivity index (χ2n) is 4.15. The largest absolute Gasteiger partial charge is 0.491 e. The summed E-state index contributed by atoms with van der Waals surface area (Å²) in [5, 5.41) is 8.66. The van der Waals surface area contributed by atoms with E-state index in [-0.39, 0.29) is 6.29 Å². The molecule has 0 bridgehead atoms. The summed E-state index contributed by atoms with van der Waals surface area (Å²) in [5.41, 5.74) is 0.634. The molecule has 1 heterocycles. The van der Waals surface area contributed by atoms with Gasteiger partial charge in [0, 0.05) is 6.61 Å². The minimum absolute atomic E-state index is 0.0664. The van der Waals surface area contributed by atoms with Crippen LogP contribution in [0.2, 0.25) is 0 Å². The van der Waals surface area contributed by atoms with Crippen LogP contribution in [0, 0.1) is 11.3 Å². The minimum atomic E-state index is -0.0664. The summed E-state index contributed by atoms with van der Waals surface area (Å²) in [6, 6.07) is 9.12. The number of ether oxygens (including phenoxy) is 3. The van der Waals surface area contributed by atoms with E-state index < -0.39 is 0 Å². The first-order chi connectivity index (χ1) is 8.88. The van der Waals surface area contributed by atoms with E-state index in [0.29, 0.717) is 18.8 Å². The lowest BCUT2D eigenvalue weighted by molar-refractivity contribution is -0.165. The average Bonchev–Trinajstić information content (AvgIpc) is 2.45. The molecule has 1 fully saturated rings. The lowest BCUT2D eigenvalue weighted by atomic mass is 10.2. The highest BCUT2D eigenvalue weighted by Gasteiger charge is 2.13. The number of benzene rings is 1. The van der Waals surface area contributed by atoms with E-state index in [2.05, 4.69) is 6.07 Å². The molecule has 1 aliphatic heterocycles. The summed E-state index contributed by atoms with van der Waals surface area (Å²) >= 11 is 0. The van der Waals surface area contributed by atoms with Crippen molar-refractivity contribution in [1.29, 1.82) is 5.26 Å². The van der Waals surface area contributed by atoms with Gasteiger partial charge in [0.15, 0.2) is 6.29 Å². The molecule has 1 aliphatic rings. The molecule has 1 aromatic rings. The predicted molar refractivity (Wildman–Crippen MR) is 66.2 cm³/mol. The zero-order valence-corrected chi connectivity index (χ0v) is 10.3. The second-order valence-corrected chi connectivity index (χ2v) is 4.15. The Morgan fingerprint density at radius 3 is 2.72 bits per heavy atom. The summed E-state index contributed by atoms with van der Waals surface area (Å²) in [5.74, 6) is 0.752. The van der Waals surface area contributed by atoms with Crippen LogP contribution >= 0.6 is 0 Å². The first-order valence-electron chi connectivity index (χ1n) is 6.24. The molecule has 1 aromatic carbocycles. The van der Waals surface area contributed by atoms with Crippen LogP contribution in [0.1, 0.15) is 24.8 Å². The Morgan fingerprint density at radius 1 is 1.22 bits per heavy atom. The van der Waals surface area contributed by atoms with Crippen molar-refractivity contribution in [3.63, 3.8) is 0 Å². The molecule has 4 heteroatoms. The summed E-state index contributed by atoms with van der Waals surface area (Å²) in [4.78, 5) is 0. The van der Waals surface area contributed by atoms with E-state index >= 15 is 0 Å². The number of hydrogen-bond acceptors (Lipinski definition) is 4. The third-order valence-electron chi connectivity index (χ3n) is 2.78. The topological polar surface area (TPSA) is 51.5 Å². The van der Waals surface area contributed by atoms with Gasteiger partial charge in [-0.15, -0.1) is 0 Å². The summed E-state index contributed by atoms with van der Waals surface area (Å²) in [7, 11) is 0. The standard InChI is InChI=1S/C14H17NO3/c15-11-12-4-6-13(7-5-12)16-9-10-18-14-3-1-2-8-17-14/h4-7,14H,1-3,8-10H2. The molecular formula is C14H17NO3. The van der Waals surface area contributed by atoms with Crippen molar-refractivity contribution in [1.82, 2.24) is 0 Å². The third kappa shape index (κ3) is 4.02. The highest BCUT2D eigenvalue weighted by molar-refractivity contribution is 5.34. The number of nitriles is 1. The van der Waals surface area contributed by atoms with E-state index in [4.69, 9.17) is 19.5 Å². The van der Waals surface area contributed by atoms with Gasteiger partial charge in [-0.25, -0.2) is 0 Å². The highest BCUT2D eigenvalue weighted by atomic mass is 16.7. The van der Waals surface area contributed by atoms with Crippen LogP contribution in [-0.4, -0.2) is 26.1 Å². The molecule has 0 aliphatic carbocycles. The quantitative estimate of drug-likeness (QED) is 0.750. The van der Waals surface area contributed by atoms with Crippen molar-refractivity contribution >= 4 is 0 Å². The maximum absolute atomic E-state index is 8.66. The minimum Gasteiger partial charge on any atom is -0.491 e. The van der Waals surface area contributed by atoms with Crippen LogP contribution < -0.4 is 4.74 Å².